The van der Waals surface area contributed by atoms with Crippen LogP contribution in [-0.4, -0.2) is 28.5 Å². The first-order valence-electron chi connectivity index (χ1n) is 9.70. The molecule has 2 heterocycles. The van der Waals surface area contributed by atoms with Crippen LogP contribution in [-0.2, 0) is 13.1 Å². The maximum atomic E-state index is 13.2. The van der Waals surface area contributed by atoms with Gasteiger partial charge in [0.05, 0.1) is 18.5 Å². The van der Waals surface area contributed by atoms with Crippen molar-refractivity contribution in [2.24, 2.45) is 0 Å². The minimum Gasteiger partial charge on any atom is -0.494 e. The number of benzene rings is 2. The van der Waals surface area contributed by atoms with Crippen molar-refractivity contribution in [2.45, 2.75) is 20.0 Å². The Balaban J connectivity index is 1.52. The number of thiophene rings is 1. The van der Waals surface area contributed by atoms with Crippen molar-refractivity contribution < 1.29 is 9.13 Å². The molecule has 0 amide bonds. The topological polar surface area (TPSA) is 58.2 Å². The van der Waals surface area contributed by atoms with Crippen LogP contribution in [0.4, 0.5) is 4.39 Å². The van der Waals surface area contributed by atoms with E-state index in [0.29, 0.717) is 29.2 Å². The lowest BCUT2D eigenvalue weighted by molar-refractivity contribution is 0.310. The molecule has 0 spiro atoms. The number of halogens is 1. The highest BCUT2D eigenvalue weighted by molar-refractivity contribution is 7.17. The Bertz CT molecular complexity index is 1200. The zero-order valence-corrected chi connectivity index (χ0v) is 17.6. The van der Waals surface area contributed by atoms with Crippen molar-refractivity contribution in [1.82, 2.24) is 14.9 Å². The van der Waals surface area contributed by atoms with Gasteiger partial charge in [-0.1, -0.05) is 24.3 Å². The van der Waals surface area contributed by atoms with E-state index in [1.165, 1.54) is 23.5 Å². The quantitative estimate of drug-likeness (QED) is 0.463. The van der Waals surface area contributed by atoms with E-state index in [4.69, 9.17) is 4.74 Å². The van der Waals surface area contributed by atoms with Gasteiger partial charge < -0.3 is 9.72 Å². The lowest BCUT2D eigenvalue weighted by Crippen LogP contribution is -2.21. The molecule has 154 valence electrons. The molecule has 1 N–H and O–H groups in total. The molecule has 0 unspecified atom stereocenters. The summed E-state index contributed by atoms with van der Waals surface area (Å²) < 4.78 is 18.7. The van der Waals surface area contributed by atoms with Gasteiger partial charge >= 0.3 is 0 Å². The minimum atomic E-state index is -0.303. The number of nitrogens with one attached hydrogen (secondary N) is 1. The number of hydrogen-bond donors (Lipinski definition) is 1. The molecular formula is C23H22FN3O2S. The standard InChI is InChI=1S/C23H22FN3O2S/c1-3-29-18-10-4-15(5-11-18)12-27(2)13-20-25-22(28)21-19(14-30-23(21)26-20)16-6-8-17(24)9-7-16/h4-11,14H,3,12-13H2,1-2H3,(H,25,26,28). The first-order valence-corrected chi connectivity index (χ1v) is 10.6. The zero-order chi connectivity index (χ0) is 21.1. The Labute approximate surface area is 177 Å². The van der Waals surface area contributed by atoms with E-state index < -0.39 is 0 Å². The summed E-state index contributed by atoms with van der Waals surface area (Å²) in [4.78, 5) is 23.1. The van der Waals surface area contributed by atoms with E-state index in [1.54, 1.807) is 12.1 Å². The molecule has 0 aliphatic rings. The summed E-state index contributed by atoms with van der Waals surface area (Å²) in [5.74, 6) is 1.17. The largest absolute Gasteiger partial charge is 0.494 e. The second-order valence-electron chi connectivity index (χ2n) is 7.10. The molecule has 0 bridgehead atoms. The van der Waals surface area contributed by atoms with Crippen molar-refractivity contribution >= 4 is 21.6 Å². The highest BCUT2D eigenvalue weighted by Crippen LogP contribution is 2.30. The first kappa shape index (κ1) is 20.3. The molecular weight excluding hydrogens is 401 g/mol. The Morgan fingerprint density at radius 1 is 1.10 bits per heavy atom. The van der Waals surface area contributed by atoms with Gasteiger partial charge in [-0.2, -0.15) is 0 Å². The molecule has 0 aliphatic heterocycles. The van der Waals surface area contributed by atoms with Crippen molar-refractivity contribution in [3.8, 4) is 16.9 Å². The molecule has 4 aromatic rings. The van der Waals surface area contributed by atoms with Gasteiger partial charge in [-0.25, -0.2) is 9.37 Å². The Hall–Kier alpha value is -3.03. The van der Waals surface area contributed by atoms with E-state index in [9.17, 15) is 9.18 Å². The number of rotatable bonds is 7. The lowest BCUT2D eigenvalue weighted by atomic mass is 10.1. The molecule has 0 atom stereocenters. The van der Waals surface area contributed by atoms with E-state index in [-0.39, 0.29) is 11.4 Å². The number of hydrogen-bond acceptors (Lipinski definition) is 5. The molecule has 0 fully saturated rings. The van der Waals surface area contributed by atoms with E-state index in [1.807, 2.05) is 43.6 Å². The fourth-order valence-electron chi connectivity index (χ4n) is 3.39. The normalized spacial score (nSPS) is 11.3. The fourth-order valence-corrected chi connectivity index (χ4v) is 4.36. The summed E-state index contributed by atoms with van der Waals surface area (Å²) in [7, 11) is 1.99. The summed E-state index contributed by atoms with van der Waals surface area (Å²) in [5, 5.41) is 2.44. The van der Waals surface area contributed by atoms with Crippen LogP contribution in [0.1, 0.15) is 18.3 Å². The van der Waals surface area contributed by atoms with Crippen LogP contribution < -0.4 is 10.3 Å². The number of nitrogens with zero attached hydrogens (tertiary/aromatic N) is 2. The third kappa shape index (κ3) is 4.42. The highest BCUT2D eigenvalue weighted by Gasteiger charge is 2.14. The van der Waals surface area contributed by atoms with Crippen LogP contribution >= 0.6 is 11.3 Å². The molecule has 0 aliphatic carbocycles. The second kappa shape index (κ2) is 8.77. The summed E-state index contributed by atoms with van der Waals surface area (Å²) in [6.45, 7) is 3.84. The van der Waals surface area contributed by atoms with E-state index in [2.05, 4.69) is 14.9 Å². The number of fused-ring (bicyclic) bond motifs is 1. The van der Waals surface area contributed by atoms with Crippen LogP contribution in [0.2, 0.25) is 0 Å². The Morgan fingerprint density at radius 3 is 2.53 bits per heavy atom. The predicted molar refractivity (Wildman–Crippen MR) is 118 cm³/mol. The first-order chi connectivity index (χ1) is 14.5. The smallest absolute Gasteiger partial charge is 0.260 e. The minimum absolute atomic E-state index is 0.176. The van der Waals surface area contributed by atoms with Gasteiger partial charge in [-0.05, 0) is 49.4 Å². The Kier molecular flexibility index (Phi) is 5.92. The predicted octanol–water partition coefficient (Wildman–Crippen LogP) is 4.82. The maximum absolute atomic E-state index is 13.2. The van der Waals surface area contributed by atoms with Crippen molar-refractivity contribution in [3.05, 3.63) is 81.5 Å². The average Bonchev–Trinajstić information content (AvgIpc) is 3.15. The van der Waals surface area contributed by atoms with Gasteiger partial charge in [-0.15, -0.1) is 11.3 Å². The Morgan fingerprint density at radius 2 is 1.83 bits per heavy atom. The summed E-state index contributed by atoms with van der Waals surface area (Å²) in [6, 6.07) is 14.1. The summed E-state index contributed by atoms with van der Waals surface area (Å²) in [5.41, 5.74) is 2.55. The molecule has 0 radical (unpaired) electrons. The third-order valence-corrected chi connectivity index (χ3v) is 5.63. The number of aromatic nitrogens is 2. The number of ether oxygens (including phenoxy) is 1. The third-order valence-electron chi connectivity index (χ3n) is 4.75. The van der Waals surface area contributed by atoms with Gasteiger partial charge in [0.2, 0.25) is 0 Å². The molecule has 4 rings (SSSR count). The lowest BCUT2D eigenvalue weighted by Gasteiger charge is -2.16. The second-order valence-corrected chi connectivity index (χ2v) is 7.96. The van der Waals surface area contributed by atoms with Crippen molar-refractivity contribution in [1.29, 1.82) is 0 Å². The molecule has 2 aromatic carbocycles. The monoisotopic (exact) mass is 423 g/mol. The zero-order valence-electron chi connectivity index (χ0n) is 16.8. The summed E-state index contributed by atoms with van der Waals surface area (Å²) >= 11 is 1.42. The molecule has 0 saturated carbocycles. The van der Waals surface area contributed by atoms with E-state index >= 15 is 0 Å². The average molecular weight is 424 g/mol. The van der Waals surface area contributed by atoms with Gasteiger partial charge in [0.25, 0.3) is 5.56 Å². The number of H-pyrrole nitrogens is 1. The fraction of sp³-hybridized carbons (Fsp3) is 0.217. The molecule has 30 heavy (non-hydrogen) atoms. The van der Waals surface area contributed by atoms with Gasteiger partial charge in [0, 0.05) is 17.5 Å². The molecule has 0 saturated heterocycles. The van der Waals surface area contributed by atoms with Crippen LogP contribution in [0.3, 0.4) is 0 Å². The highest BCUT2D eigenvalue weighted by atomic mass is 32.1. The molecule has 2 aromatic heterocycles. The van der Waals surface area contributed by atoms with Crippen LogP contribution in [0.15, 0.2) is 58.7 Å². The maximum Gasteiger partial charge on any atom is 0.260 e. The van der Waals surface area contributed by atoms with Crippen LogP contribution in [0.25, 0.3) is 21.3 Å². The van der Waals surface area contributed by atoms with E-state index in [0.717, 1.165) is 29.0 Å². The van der Waals surface area contributed by atoms with Crippen LogP contribution in [0, 0.1) is 5.82 Å². The molecule has 7 heteroatoms. The van der Waals surface area contributed by atoms with Gasteiger partial charge in [0.1, 0.15) is 22.2 Å². The van der Waals surface area contributed by atoms with Crippen LogP contribution in [0.5, 0.6) is 5.75 Å². The number of aromatic amines is 1. The SMILES string of the molecule is CCOc1ccc(CN(C)Cc2nc3scc(-c4ccc(F)cc4)c3c(=O)[nH]2)cc1. The molecule has 5 nitrogen and oxygen atoms in total. The van der Waals surface area contributed by atoms with Gasteiger partial charge in [0.15, 0.2) is 0 Å². The van der Waals surface area contributed by atoms with Crippen molar-refractivity contribution in [3.63, 3.8) is 0 Å². The van der Waals surface area contributed by atoms with Gasteiger partial charge in [-0.3, -0.25) is 9.69 Å². The summed E-state index contributed by atoms with van der Waals surface area (Å²) in [6.07, 6.45) is 0. The van der Waals surface area contributed by atoms with Crippen molar-refractivity contribution in [2.75, 3.05) is 13.7 Å².